The topological polar surface area (TPSA) is 77.8 Å². The van der Waals surface area contributed by atoms with Gasteiger partial charge < -0.3 is 19.8 Å². The predicted octanol–water partition coefficient (Wildman–Crippen LogP) is 5.53. The van der Waals surface area contributed by atoms with Crippen molar-refractivity contribution >= 4 is 5.97 Å². The quantitative estimate of drug-likeness (QED) is 0.108. The Hall–Kier alpha value is -1.09. The molecule has 0 heterocycles. The molecule has 0 aliphatic heterocycles. The van der Waals surface area contributed by atoms with Gasteiger partial charge in [-0.3, -0.25) is 0 Å². The van der Waals surface area contributed by atoms with Crippen LogP contribution in [0.15, 0.2) is 0 Å². The smallest absolute Gasteiger partial charge is 0.381 e. The van der Waals surface area contributed by atoms with Crippen molar-refractivity contribution in [2.45, 2.75) is 116 Å². The second-order valence-corrected chi connectivity index (χ2v) is 9.34. The molecule has 0 saturated carbocycles. The van der Waals surface area contributed by atoms with E-state index in [-0.39, 0.29) is 13.2 Å². The summed E-state index contributed by atoms with van der Waals surface area (Å²) in [6, 6.07) is 0. The van der Waals surface area contributed by atoms with Crippen LogP contribution in [0.2, 0.25) is 0 Å². The van der Waals surface area contributed by atoms with E-state index in [1.54, 1.807) is 0 Å². The van der Waals surface area contributed by atoms with Crippen LogP contribution in [-0.2, 0) is 4.79 Å². The van der Waals surface area contributed by atoms with Gasteiger partial charge in [0.05, 0.1) is 32.7 Å². The van der Waals surface area contributed by atoms with E-state index in [2.05, 4.69) is 18.8 Å². The molecule has 0 amide bonds. The third kappa shape index (κ3) is 19.6. The number of aliphatic hydroxyl groups excluding tert-OH is 2. The molecule has 0 rings (SSSR count). The van der Waals surface area contributed by atoms with Crippen LogP contribution in [0.25, 0.3) is 0 Å². The van der Waals surface area contributed by atoms with Gasteiger partial charge in [-0.05, 0) is 12.8 Å². The normalized spacial score (nSPS) is 11.3. The molecule has 5 heteroatoms. The van der Waals surface area contributed by atoms with Gasteiger partial charge in [-0.1, -0.05) is 103 Å². The highest BCUT2D eigenvalue weighted by Gasteiger charge is 2.25. The second kappa shape index (κ2) is 23.1. The number of aliphatic hydroxyl groups is 2. The number of rotatable bonds is 23. The second-order valence-electron chi connectivity index (χ2n) is 9.34. The molecule has 3 N–H and O–H groups in total. The molecule has 188 valence electrons. The van der Waals surface area contributed by atoms with Gasteiger partial charge >= 0.3 is 5.97 Å². The average Bonchev–Trinajstić information content (AvgIpc) is 2.77. The summed E-state index contributed by atoms with van der Waals surface area (Å²) in [7, 11) is 0. The van der Waals surface area contributed by atoms with Gasteiger partial charge in [-0.25, -0.2) is 4.79 Å². The van der Waals surface area contributed by atoms with Gasteiger partial charge in [0.2, 0.25) is 0 Å². The van der Waals surface area contributed by atoms with Crippen molar-refractivity contribution in [3.05, 3.63) is 0 Å². The molecular weight excluding hydrogens is 402 g/mol. The van der Waals surface area contributed by atoms with Crippen molar-refractivity contribution < 1.29 is 24.6 Å². The highest BCUT2D eigenvalue weighted by molar-refractivity contribution is 5.86. The molecule has 0 spiro atoms. The minimum absolute atomic E-state index is 0.0746. The maximum absolute atomic E-state index is 10.6. The first-order valence-electron chi connectivity index (χ1n) is 13.4. The molecule has 0 aromatic carbocycles. The number of hydrogen-bond acceptors (Lipinski definition) is 3. The Bertz CT molecular complexity index is 478. The maximum Gasteiger partial charge on any atom is 0.381 e. The molecule has 0 saturated heterocycles. The Balaban J connectivity index is 3.78. The van der Waals surface area contributed by atoms with Crippen LogP contribution in [0.5, 0.6) is 0 Å². The van der Waals surface area contributed by atoms with Crippen molar-refractivity contribution in [2.75, 3.05) is 39.4 Å². The fraction of sp³-hybridized carbons (Fsp3) is 0.889. The Kier molecular flexibility index (Phi) is 22.3. The van der Waals surface area contributed by atoms with E-state index in [0.29, 0.717) is 30.5 Å². The standard InChI is InChI=1S/C27H51NO4/c1-2-3-4-5-6-7-8-9-10-11-12-13-14-15-16-18-21-28(23-25-29,24-26-30)22-19-17-20-27(31)32/h29-30H,2-16,18-19,21-26H2,1H3/p+1. The monoisotopic (exact) mass is 454 g/mol. The SMILES string of the molecule is CCCCCCCCCCCCCCCCCC[N+](CCO)(CCO)CCC#CC(=O)O. The van der Waals surface area contributed by atoms with Crippen LogP contribution in [0, 0.1) is 11.8 Å². The Labute approximate surface area is 198 Å². The van der Waals surface area contributed by atoms with E-state index in [0.717, 1.165) is 13.0 Å². The summed E-state index contributed by atoms with van der Waals surface area (Å²) in [5.41, 5.74) is 0. The molecular formula is C27H52NO4+. The van der Waals surface area contributed by atoms with Gasteiger partial charge in [0.15, 0.2) is 0 Å². The summed E-state index contributed by atoms with van der Waals surface area (Å²) < 4.78 is 0.625. The lowest BCUT2D eigenvalue weighted by Crippen LogP contribution is -2.52. The molecule has 0 unspecified atom stereocenters. The van der Waals surface area contributed by atoms with E-state index < -0.39 is 5.97 Å². The minimum atomic E-state index is -1.11. The number of carboxylic acid groups (broad SMARTS) is 1. The summed E-state index contributed by atoms with van der Waals surface area (Å²) >= 11 is 0. The molecule has 0 atom stereocenters. The van der Waals surface area contributed by atoms with Crippen molar-refractivity contribution in [1.82, 2.24) is 0 Å². The fourth-order valence-electron chi connectivity index (χ4n) is 4.52. The lowest BCUT2D eigenvalue weighted by molar-refractivity contribution is -0.928. The van der Waals surface area contributed by atoms with Crippen LogP contribution in [0.3, 0.4) is 0 Å². The zero-order valence-electron chi connectivity index (χ0n) is 21.0. The van der Waals surface area contributed by atoms with Crippen molar-refractivity contribution in [2.24, 2.45) is 0 Å². The van der Waals surface area contributed by atoms with Crippen LogP contribution in [0.4, 0.5) is 0 Å². The number of nitrogens with zero attached hydrogens (tertiary/aromatic N) is 1. The highest BCUT2D eigenvalue weighted by Crippen LogP contribution is 2.15. The zero-order chi connectivity index (χ0) is 23.8. The summed E-state index contributed by atoms with van der Waals surface area (Å²) in [5, 5.41) is 27.6. The highest BCUT2D eigenvalue weighted by atomic mass is 16.4. The largest absolute Gasteiger partial charge is 0.472 e. The van der Waals surface area contributed by atoms with Crippen LogP contribution in [0.1, 0.15) is 116 Å². The Morgan fingerprint density at radius 3 is 1.41 bits per heavy atom. The first kappa shape index (κ1) is 30.9. The van der Waals surface area contributed by atoms with Crippen LogP contribution in [-0.4, -0.2) is 65.2 Å². The predicted molar refractivity (Wildman–Crippen MR) is 133 cm³/mol. The number of quaternary nitrogens is 1. The maximum atomic E-state index is 10.6. The van der Waals surface area contributed by atoms with Crippen molar-refractivity contribution in [3.8, 4) is 11.8 Å². The number of carbonyl (C=O) groups is 1. The molecule has 0 aromatic rings. The third-order valence-corrected chi connectivity index (χ3v) is 6.54. The first-order chi connectivity index (χ1) is 15.6. The summed E-state index contributed by atoms with van der Waals surface area (Å²) in [6.07, 6.45) is 21.9. The molecule has 0 aliphatic rings. The van der Waals surface area contributed by atoms with Crippen LogP contribution < -0.4 is 0 Å². The Morgan fingerprint density at radius 1 is 0.625 bits per heavy atom. The van der Waals surface area contributed by atoms with Gasteiger partial charge in [0.25, 0.3) is 0 Å². The summed E-state index contributed by atoms with van der Waals surface area (Å²) in [5.74, 6) is 3.74. The number of hydrogen-bond donors (Lipinski definition) is 3. The van der Waals surface area contributed by atoms with Crippen LogP contribution >= 0.6 is 0 Å². The zero-order valence-corrected chi connectivity index (χ0v) is 21.0. The molecule has 0 fully saturated rings. The number of unbranched alkanes of at least 4 members (excludes halogenated alkanes) is 15. The molecule has 0 radical (unpaired) electrons. The summed E-state index contributed by atoms with van der Waals surface area (Å²) in [4.78, 5) is 10.6. The van der Waals surface area contributed by atoms with Crippen molar-refractivity contribution in [3.63, 3.8) is 0 Å². The average molecular weight is 455 g/mol. The van der Waals surface area contributed by atoms with E-state index in [9.17, 15) is 15.0 Å². The third-order valence-electron chi connectivity index (χ3n) is 6.54. The molecule has 0 aliphatic carbocycles. The summed E-state index contributed by atoms with van der Waals surface area (Å²) in [6.45, 7) is 5.20. The van der Waals surface area contributed by atoms with E-state index >= 15 is 0 Å². The fourth-order valence-corrected chi connectivity index (χ4v) is 4.52. The molecule has 5 nitrogen and oxygen atoms in total. The Morgan fingerprint density at radius 2 is 1.03 bits per heavy atom. The van der Waals surface area contributed by atoms with E-state index in [1.807, 2.05) is 0 Å². The number of aliphatic carboxylic acids is 1. The molecule has 0 aromatic heterocycles. The van der Waals surface area contributed by atoms with Gasteiger partial charge in [-0.15, -0.1) is 0 Å². The van der Waals surface area contributed by atoms with Crippen molar-refractivity contribution in [1.29, 1.82) is 0 Å². The van der Waals surface area contributed by atoms with E-state index in [1.165, 1.54) is 96.3 Å². The lowest BCUT2D eigenvalue weighted by atomic mass is 10.0. The van der Waals surface area contributed by atoms with E-state index in [4.69, 9.17) is 5.11 Å². The van der Waals surface area contributed by atoms with Gasteiger partial charge in [0.1, 0.15) is 13.1 Å². The number of carboxylic acids is 1. The minimum Gasteiger partial charge on any atom is -0.472 e. The van der Waals surface area contributed by atoms with Gasteiger partial charge in [-0.2, -0.15) is 0 Å². The molecule has 32 heavy (non-hydrogen) atoms. The first-order valence-corrected chi connectivity index (χ1v) is 13.4. The lowest BCUT2D eigenvalue weighted by Gasteiger charge is -2.37. The van der Waals surface area contributed by atoms with Gasteiger partial charge in [0, 0.05) is 5.92 Å². The molecule has 0 bridgehead atoms.